The van der Waals surface area contributed by atoms with E-state index in [-0.39, 0.29) is 0 Å². The van der Waals surface area contributed by atoms with Gasteiger partial charge in [-0.3, -0.25) is 0 Å². The summed E-state index contributed by atoms with van der Waals surface area (Å²) in [6.07, 6.45) is 4.44. The predicted molar refractivity (Wildman–Crippen MR) is 95.4 cm³/mol. The van der Waals surface area contributed by atoms with Crippen molar-refractivity contribution in [1.82, 2.24) is 9.97 Å². The van der Waals surface area contributed by atoms with Gasteiger partial charge in [0.15, 0.2) is 0 Å². The summed E-state index contributed by atoms with van der Waals surface area (Å²) in [6, 6.07) is 7.50. The van der Waals surface area contributed by atoms with E-state index in [9.17, 15) is 0 Å². The second-order valence-electron chi connectivity index (χ2n) is 6.80. The highest BCUT2D eigenvalue weighted by Crippen LogP contribution is 2.36. The van der Waals surface area contributed by atoms with Crippen LogP contribution in [0.25, 0.3) is 0 Å². The first kappa shape index (κ1) is 16.6. The van der Waals surface area contributed by atoms with Gasteiger partial charge in [-0.25, -0.2) is 9.97 Å². The van der Waals surface area contributed by atoms with Crippen LogP contribution in [-0.4, -0.2) is 34.5 Å². The van der Waals surface area contributed by atoms with Crippen LogP contribution in [0.3, 0.4) is 0 Å². The van der Waals surface area contributed by atoms with Crippen molar-refractivity contribution in [2.75, 3.05) is 5.32 Å². The van der Waals surface area contributed by atoms with Crippen LogP contribution in [0.5, 0.6) is 0 Å². The highest BCUT2D eigenvalue weighted by molar-refractivity contribution is 6.62. The molecule has 0 unspecified atom stereocenters. The lowest BCUT2D eigenvalue weighted by molar-refractivity contribution is 0.00578. The van der Waals surface area contributed by atoms with E-state index in [0.717, 1.165) is 16.7 Å². The molecule has 2 N–H and O–H groups in total. The monoisotopic (exact) mass is 324 g/mol. The van der Waals surface area contributed by atoms with Crippen molar-refractivity contribution in [2.24, 2.45) is 0 Å². The van der Waals surface area contributed by atoms with Gasteiger partial charge in [0.25, 0.3) is 0 Å². The number of hydrogen-bond donors (Lipinski definition) is 2. The van der Waals surface area contributed by atoms with Crippen molar-refractivity contribution in [1.29, 1.82) is 5.41 Å². The van der Waals surface area contributed by atoms with E-state index in [1.165, 1.54) is 12.5 Å². The number of hydrogen-bond acceptors (Lipinski definition) is 6. The fraction of sp³-hybridized carbons (Fsp3) is 0.353. The summed E-state index contributed by atoms with van der Waals surface area (Å²) >= 11 is 0. The van der Waals surface area contributed by atoms with Gasteiger partial charge in [0.2, 0.25) is 0 Å². The van der Waals surface area contributed by atoms with Crippen LogP contribution < -0.4 is 10.8 Å². The second-order valence-corrected chi connectivity index (χ2v) is 6.80. The van der Waals surface area contributed by atoms with Crippen LogP contribution in [-0.2, 0) is 9.31 Å². The fourth-order valence-electron chi connectivity index (χ4n) is 2.44. The molecule has 124 valence electrons. The van der Waals surface area contributed by atoms with Crippen LogP contribution in [0.15, 0.2) is 36.8 Å². The average Bonchev–Trinajstić information content (AvgIpc) is 2.76. The highest BCUT2D eigenvalue weighted by atomic mass is 16.7. The summed E-state index contributed by atoms with van der Waals surface area (Å²) in [5.41, 5.74) is 1.65. The molecule has 0 saturated carbocycles. The molecule has 0 atom stereocenters. The number of nitrogens with one attached hydrogen (secondary N) is 2. The number of anilines is 2. The van der Waals surface area contributed by atoms with Crippen molar-refractivity contribution in [3.05, 3.63) is 42.4 Å². The highest BCUT2D eigenvalue weighted by Gasteiger charge is 2.51. The molecule has 24 heavy (non-hydrogen) atoms. The third-order valence-corrected chi connectivity index (χ3v) is 4.60. The molecule has 1 aliphatic rings. The zero-order valence-electron chi connectivity index (χ0n) is 14.3. The van der Waals surface area contributed by atoms with E-state index < -0.39 is 18.3 Å². The molecular weight excluding hydrogens is 303 g/mol. The fourth-order valence-corrected chi connectivity index (χ4v) is 2.44. The van der Waals surface area contributed by atoms with Crippen molar-refractivity contribution in [2.45, 2.75) is 38.9 Å². The Hall–Kier alpha value is -2.25. The minimum absolute atomic E-state index is 0.391. The minimum Gasteiger partial charge on any atom is -0.399 e. The molecule has 6 nitrogen and oxygen atoms in total. The van der Waals surface area contributed by atoms with Gasteiger partial charge in [0, 0.05) is 23.7 Å². The lowest BCUT2D eigenvalue weighted by atomic mass is 9.78. The van der Waals surface area contributed by atoms with Crippen molar-refractivity contribution >= 4 is 30.3 Å². The summed E-state index contributed by atoms with van der Waals surface area (Å²) in [7, 11) is -0.444. The van der Waals surface area contributed by atoms with Crippen LogP contribution in [0, 0.1) is 5.41 Å². The molecule has 1 aromatic heterocycles. The van der Waals surface area contributed by atoms with Crippen LogP contribution in [0.4, 0.5) is 11.5 Å². The Bertz CT molecular complexity index is 734. The molecule has 0 spiro atoms. The van der Waals surface area contributed by atoms with Gasteiger partial charge in [-0.05, 0) is 45.3 Å². The van der Waals surface area contributed by atoms with Gasteiger partial charge < -0.3 is 20.0 Å². The van der Waals surface area contributed by atoms with E-state index in [2.05, 4.69) is 15.3 Å². The lowest BCUT2D eigenvalue weighted by Gasteiger charge is -2.32. The normalized spacial score (nSPS) is 18.4. The largest absolute Gasteiger partial charge is 0.494 e. The van der Waals surface area contributed by atoms with E-state index in [1.54, 1.807) is 12.3 Å². The number of nitrogens with zero attached hydrogens (tertiary/aromatic N) is 2. The molecule has 0 aliphatic carbocycles. The molecule has 0 amide bonds. The Labute approximate surface area is 142 Å². The summed E-state index contributed by atoms with van der Waals surface area (Å²) in [5, 5.41) is 10.8. The molecule has 1 saturated heterocycles. The topological polar surface area (TPSA) is 80.1 Å². The van der Waals surface area contributed by atoms with Gasteiger partial charge in [0.1, 0.15) is 12.1 Å². The van der Waals surface area contributed by atoms with E-state index in [4.69, 9.17) is 14.7 Å². The molecule has 0 bridgehead atoms. The van der Waals surface area contributed by atoms with Crippen molar-refractivity contribution in [3.8, 4) is 0 Å². The van der Waals surface area contributed by atoms with Gasteiger partial charge in [-0.1, -0.05) is 12.1 Å². The number of benzene rings is 1. The Balaban J connectivity index is 1.91. The first-order chi connectivity index (χ1) is 11.3. The summed E-state index contributed by atoms with van der Waals surface area (Å²) < 4.78 is 12.2. The smallest absolute Gasteiger partial charge is 0.399 e. The molecule has 1 fully saturated rings. The van der Waals surface area contributed by atoms with Gasteiger partial charge >= 0.3 is 7.12 Å². The molecule has 2 heterocycles. The zero-order valence-corrected chi connectivity index (χ0v) is 14.3. The van der Waals surface area contributed by atoms with Crippen LogP contribution in [0.1, 0.15) is 33.3 Å². The summed E-state index contributed by atoms with van der Waals surface area (Å²) in [4.78, 5) is 8.07. The maximum atomic E-state index is 7.60. The van der Waals surface area contributed by atoms with E-state index >= 15 is 0 Å². The lowest BCUT2D eigenvalue weighted by Crippen LogP contribution is -2.41. The SMILES string of the molecule is CC1(C)OB(c2ccc(C=N)c(Nc3ccncn3)c2)OC1(C)C. The molecule has 7 heteroatoms. The second kappa shape index (κ2) is 6.00. The first-order valence-electron chi connectivity index (χ1n) is 7.85. The molecular formula is C17H21BN4O2. The van der Waals surface area contributed by atoms with E-state index in [0.29, 0.717) is 5.82 Å². The zero-order chi connectivity index (χ0) is 17.4. The third kappa shape index (κ3) is 3.05. The average molecular weight is 324 g/mol. The molecule has 1 aliphatic heterocycles. The Morgan fingerprint density at radius 1 is 1.12 bits per heavy atom. The molecule has 2 aromatic rings. The van der Waals surface area contributed by atoms with Gasteiger partial charge in [-0.2, -0.15) is 0 Å². The first-order valence-corrected chi connectivity index (χ1v) is 7.85. The molecule has 0 radical (unpaired) electrons. The molecule has 1 aromatic carbocycles. The van der Waals surface area contributed by atoms with Crippen molar-refractivity contribution in [3.63, 3.8) is 0 Å². The maximum absolute atomic E-state index is 7.60. The van der Waals surface area contributed by atoms with Gasteiger partial charge in [-0.15, -0.1) is 0 Å². The van der Waals surface area contributed by atoms with Crippen LogP contribution >= 0.6 is 0 Å². The standard InChI is InChI=1S/C17H21BN4O2/c1-16(2)17(3,4)24-18(23-16)13-6-5-12(10-19)14(9-13)22-15-7-8-20-11-21-15/h5-11,19H,1-4H3,(H,20,21,22). The Kier molecular flexibility index (Phi) is 4.15. The van der Waals surface area contributed by atoms with E-state index in [1.807, 2.05) is 45.9 Å². The maximum Gasteiger partial charge on any atom is 0.494 e. The predicted octanol–water partition coefficient (Wildman–Crippen LogP) is 2.52. The minimum atomic E-state index is -0.444. The summed E-state index contributed by atoms with van der Waals surface area (Å²) in [5.74, 6) is 0.666. The third-order valence-electron chi connectivity index (χ3n) is 4.60. The molecule has 3 rings (SSSR count). The number of aromatic nitrogens is 2. The van der Waals surface area contributed by atoms with Crippen molar-refractivity contribution < 1.29 is 9.31 Å². The Morgan fingerprint density at radius 3 is 2.42 bits per heavy atom. The quantitative estimate of drug-likeness (QED) is 0.667. The summed E-state index contributed by atoms with van der Waals surface area (Å²) in [6.45, 7) is 8.11. The Morgan fingerprint density at radius 2 is 1.83 bits per heavy atom. The van der Waals surface area contributed by atoms with Gasteiger partial charge in [0.05, 0.1) is 11.2 Å². The number of rotatable bonds is 4. The van der Waals surface area contributed by atoms with Crippen LogP contribution in [0.2, 0.25) is 0 Å².